The molecule has 1 atom stereocenters. The van der Waals surface area contributed by atoms with Gasteiger partial charge in [0.2, 0.25) is 0 Å². The van der Waals surface area contributed by atoms with Crippen LogP contribution in [0.4, 0.5) is 0 Å². The smallest absolute Gasteiger partial charge is 0.0755 e. The van der Waals surface area contributed by atoms with E-state index < -0.39 is 8.07 Å². The van der Waals surface area contributed by atoms with E-state index in [2.05, 4.69) is 81.5 Å². The Morgan fingerprint density at radius 2 is 1.48 bits per heavy atom. The van der Waals surface area contributed by atoms with E-state index in [0.717, 1.165) is 0 Å². The molecule has 0 spiro atoms. The zero-order valence-electron chi connectivity index (χ0n) is 18.7. The number of allylic oxidation sites excluding steroid dienone is 4. The topological polar surface area (TPSA) is 0 Å². The van der Waals surface area contributed by atoms with Crippen LogP contribution in [0.15, 0.2) is 59.8 Å². The van der Waals surface area contributed by atoms with Crippen LogP contribution in [0.5, 0.6) is 0 Å². The fourth-order valence-corrected chi connectivity index (χ4v) is 9.20. The molecule has 2 aliphatic carbocycles. The number of unbranched alkanes of at least 4 members (excludes halogenated alkanes) is 2. The fraction of sp³-hybridized carbons (Fsp3) is 0.429. The molecule has 0 heterocycles. The summed E-state index contributed by atoms with van der Waals surface area (Å²) >= 11 is 0. The van der Waals surface area contributed by atoms with Gasteiger partial charge in [-0.05, 0) is 65.5 Å². The molecular weight excluding hydrogens is 364 g/mol. The predicted octanol–water partition coefficient (Wildman–Crippen LogP) is 8.34. The highest BCUT2D eigenvalue weighted by molar-refractivity contribution is 6.87. The van der Waals surface area contributed by atoms with Crippen LogP contribution in [0.3, 0.4) is 0 Å². The van der Waals surface area contributed by atoms with Gasteiger partial charge in [0.1, 0.15) is 0 Å². The Balaban J connectivity index is 1.76. The summed E-state index contributed by atoms with van der Waals surface area (Å²) in [4.78, 5) is 0. The minimum atomic E-state index is -1.68. The number of benzene rings is 2. The van der Waals surface area contributed by atoms with Crippen molar-refractivity contribution in [2.45, 2.75) is 77.4 Å². The molecule has 0 saturated heterocycles. The van der Waals surface area contributed by atoms with Crippen molar-refractivity contribution in [1.82, 2.24) is 0 Å². The van der Waals surface area contributed by atoms with Gasteiger partial charge in [0.25, 0.3) is 0 Å². The summed E-state index contributed by atoms with van der Waals surface area (Å²) in [5.41, 5.74) is 10.2. The number of hydrogen-bond acceptors (Lipinski definition) is 0. The Morgan fingerprint density at radius 3 is 2.24 bits per heavy atom. The molecule has 2 aliphatic rings. The van der Waals surface area contributed by atoms with Crippen molar-refractivity contribution in [3.63, 3.8) is 0 Å². The maximum Gasteiger partial charge on any atom is 0.0877 e. The lowest BCUT2D eigenvalue weighted by Gasteiger charge is -2.32. The van der Waals surface area contributed by atoms with E-state index in [-0.39, 0.29) is 0 Å². The van der Waals surface area contributed by atoms with E-state index in [1.54, 1.807) is 27.8 Å². The molecular formula is C28H36Si. The van der Waals surface area contributed by atoms with Crippen LogP contribution in [0, 0.1) is 0 Å². The predicted molar refractivity (Wildman–Crippen MR) is 131 cm³/mol. The second kappa shape index (κ2) is 8.48. The Morgan fingerprint density at radius 1 is 0.828 bits per heavy atom. The molecule has 2 aromatic carbocycles. The van der Waals surface area contributed by atoms with E-state index in [1.165, 1.54) is 50.5 Å². The largest absolute Gasteiger partial charge is 0.0877 e. The lowest BCUT2D eigenvalue weighted by molar-refractivity contribution is 0.823. The highest BCUT2D eigenvalue weighted by Gasteiger charge is 2.42. The molecule has 4 rings (SSSR count). The third-order valence-electron chi connectivity index (χ3n) is 7.22. The van der Waals surface area contributed by atoms with E-state index >= 15 is 0 Å². The maximum absolute atomic E-state index is 2.68. The molecule has 0 fully saturated rings. The molecule has 0 radical (unpaired) electrons. The summed E-state index contributed by atoms with van der Waals surface area (Å²) in [6, 6.07) is 18.5. The van der Waals surface area contributed by atoms with Gasteiger partial charge in [0.05, 0.1) is 8.07 Å². The number of fused-ring (bicyclic) bond motifs is 2. The first-order valence-corrected chi connectivity index (χ1v) is 14.8. The molecule has 0 aromatic heterocycles. The van der Waals surface area contributed by atoms with Crippen molar-refractivity contribution in [1.29, 1.82) is 0 Å². The Hall–Kier alpha value is -1.86. The van der Waals surface area contributed by atoms with Crippen molar-refractivity contribution in [3.8, 4) is 0 Å². The average Bonchev–Trinajstić information content (AvgIpc) is 3.30. The summed E-state index contributed by atoms with van der Waals surface area (Å²) in [5, 5.41) is 1.82. The van der Waals surface area contributed by atoms with Crippen molar-refractivity contribution in [3.05, 3.63) is 82.1 Å². The molecule has 152 valence electrons. The Kier molecular flexibility index (Phi) is 5.97. The summed E-state index contributed by atoms with van der Waals surface area (Å²) in [5.74, 6) is 0. The molecule has 1 unspecified atom stereocenters. The van der Waals surface area contributed by atoms with Crippen LogP contribution in [0.2, 0.25) is 13.1 Å². The van der Waals surface area contributed by atoms with Crippen LogP contribution in [-0.4, -0.2) is 8.07 Å². The molecule has 2 aromatic rings. The van der Waals surface area contributed by atoms with Gasteiger partial charge in [-0.3, -0.25) is 0 Å². The van der Waals surface area contributed by atoms with Crippen molar-refractivity contribution in [2.24, 2.45) is 0 Å². The molecule has 0 aliphatic heterocycles. The van der Waals surface area contributed by atoms with Crippen LogP contribution in [0.1, 0.15) is 80.2 Å². The van der Waals surface area contributed by atoms with E-state index in [1.807, 2.05) is 5.20 Å². The van der Waals surface area contributed by atoms with Gasteiger partial charge in [-0.2, -0.15) is 0 Å². The quantitative estimate of drug-likeness (QED) is 0.390. The van der Waals surface area contributed by atoms with Crippen molar-refractivity contribution < 1.29 is 0 Å². The van der Waals surface area contributed by atoms with Crippen LogP contribution < -0.4 is 0 Å². The van der Waals surface area contributed by atoms with Crippen molar-refractivity contribution >= 4 is 19.2 Å². The first-order chi connectivity index (χ1) is 14.1. The molecule has 0 nitrogen and oxygen atoms in total. The van der Waals surface area contributed by atoms with Gasteiger partial charge in [0, 0.05) is 5.54 Å². The van der Waals surface area contributed by atoms with E-state index in [0.29, 0.717) is 5.54 Å². The van der Waals surface area contributed by atoms with Crippen molar-refractivity contribution in [2.75, 3.05) is 0 Å². The summed E-state index contributed by atoms with van der Waals surface area (Å²) in [6.45, 7) is 9.90. The second-order valence-electron chi connectivity index (χ2n) is 9.48. The highest BCUT2D eigenvalue weighted by atomic mass is 28.3. The fourth-order valence-electron chi connectivity index (χ4n) is 5.50. The van der Waals surface area contributed by atoms with Gasteiger partial charge >= 0.3 is 0 Å². The molecule has 0 amide bonds. The minimum Gasteiger partial charge on any atom is -0.0755 e. The van der Waals surface area contributed by atoms with Gasteiger partial charge < -0.3 is 0 Å². The van der Waals surface area contributed by atoms with E-state index in [4.69, 9.17) is 0 Å². The zero-order chi connectivity index (χ0) is 20.4. The number of rotatable bonds is 8. The van der Waals surface area contributed by atoms with Gasteiger partial charge in [0.15, 0.2) is 0 Å². The lowest BCUT2D eigenvalue weighted by Crippen LogP contribution is -2.37. The molecule has 29 heavy (non-hydrogen) atoms. The van der Waals surface area contributed by atoms with Gasteiger partial charge in [-0.15, -0.1) is 0 Å². The van der Waals surface area contributed by atoms with Crippen LogP contribution >= 0.6 is 0 Å². The highest BCUT2D eigenvalue weighted by Crippen LogP contribution is 2.49. The van der Waals surface area contributed by atoms with Crippen LogP contribution in [0.25, 0.3) is 11.1 Å². The standard InChI is InChI=1S/C28H36Si/c1-5-7-13-21-19-28(26-18-12-11-17-23(21)26)29(3,4)27-20-22-14-9-10-16-24(22)25(27)15-8-6-2/h9-12,14,16-19,28H,5-8,13,15,20H2,1-4H3. The SMILES string of the molecule is CCCCC1=CC([Si](C)(C)C2=C(CCCC)c3ccccc3C2)c2ccccc21. The summed E-state index contributed by atoms with van der Waals surface area (Å²) in [6.07, 6.45) is 11.5. The third-order valence-corrected chi connectivity index (χ3v) is 11.3. The molecule has 0 N–H and O–H groups in total. The summed E-state index contributed by atoms with van der Waals surface area (Å²) in [7, 11) is -1.68. The Labute approximate surface area is 178 Å². The first kappa shape index (κ1) is 20.4. The normalized spacial score (nSPS) is 18.1. The summed E-state index contributed by atoms with van der Waals surface area (Å²) < 4.78 is 0. The molecule has 1 heteroatoms. The molecule has 0 saturated carbocycles. The lowest BCUT2D eigenvalue weighted by atomic mass is 10.0. The zero-order valence-corrected chi connectivity index (χ0v) is 19.7. The van der Waals surface area contributed by atoms with Gasteiger partial charge in [-0.25, -0.2) is 0 Å². The Bertz CT molecular complexity index is 944. The average molecular weight is 401 g/mol. The van der Waals surface area contributed by atoms with Gasteiger partial charge in [-0.1, -0.05) is 99.6 Å². The maximum atomic E-state index is 2.68. The van der Waals surface area contributed by atoms with E-state index in [9.17, 15) is 0 Å². The van der Waals surface area contributed by atoms with Crippen LogP contribution in [-0.2, 0) is 6.42 Å². The minimum absolute atomic E-state index is 0.617. The second-order valence-corrected chi connectivity index (χ2v) is 14.1. The number of hydrogen-bond donors (Lipinski definition) is 0. The third kappa shape index (κ3) is 3.70. The first-order valence-electron chi connectivity index (χ1n) is 11.7. The monoisotopic (exact) mass is 400 g/mol. The molecule has 0 bridgehead atoms.